The predicted molar refractivity (Wildman–Crippen MR) is 69.2 cm³/mol. The van der Waals surface area contributed by atoms with E-state index in [1.54, 1.807) is 11.9 Å². The lowest BCUT2D eigenvalue weighted by Crippen LogP contribution is -2.62. The van der Waals surface area contributed by atoms with Crippen LogP contribution in [0.4, 0.5) is 13.2 Å². The topological polar surface area (TPSA) is 86.1 Å². The first kappa shape index (κ1) is 16.9. The molecule has 2 heterocycles. The molecule has 4 atom stereocenters. The molecule has 1 aromatic rings. The van der Waals surface area contributed by atoms with E-state index < -0.39 is 36.2 Å². The summed E-state index contributed by atoms with van der Waals surface area (Å²) in [6.07, 6.45) is -8.17. The summed E-state index contributed by atoms with van der Waals surface area (Å²) < 4.78 is 43.1. The van der Waals surface area contributed by atoms with E-state index in [-0.39, 0.29) is 19.0 Å². The van der Waals surface area contributed by atoms with E-state index in [0.717, 1.165) is 12.1 Å². The van der Waals surface area contributed by atoms with Gasteiger partial charge in [-0.05, 0) is 13.1 Å². The lowest BCUT2D eigenvalue weighted by Gasteiger charge is -2.42. The van der Waals surface area contributed by atoms with Crippen LogP contribution in [0.15, 0.2) is 18.2 Å². The van der Waals surface area contributed by atoms with Crippen molar-refractivity contribution in [1.82, 2.24) is 9.88 Å². The Kier molecular flexibility index (Phi) is 4.90. The third-order valence-electron chi connectivity index (χ3n) is 3.63. The number of likely N-dealkylation sites (N-methyl/N-ethyl adjacent to an activating group) is 1. The lowest BCUT2D eigenvalue weighted by molar-refractivity contribution is -0.143. The first-order valence-corrected chi connectivity index (χ1v) is 6.62. The van der Waals surface area contributed by atoms with E-state index in [1.807, 2.05) is 0 Å². The molecule has 0 unspecified atom stereocenters. The van der Waals surface area contributed by atoms with Crippen molar-refractivity contribution in [2.24, 2.45) is 0 Å². The molecule has 9 heteroatoms. The van der Waals surface area contributed by atoms with Gasteiger partial charge in [-0.1, -0.05) is 6.07 Å². The third-order valence-corrected chi connectivity index (χ3v) is 3.63. The zero-order valence-corrected chi connectivity index (χ0v) is 11.7. The average molecular weight is 322 g/mol. The second-order valence-corrected chi connectivity index (χ2v) is 5.19. The maximum Gasteiger partial charge on any atom is 0.433 e. The number of alkyl halides is 3. The standard InChI is InChI=1S/C13H17F3N2O4/c1-18-5-8(12(21)11(20)7(18)6-19)22-10-4-2-3-9(17-10)13(14,15)16/h2-4,7-8,11-12,19-21H,5-6H2,1H3/t7-,8+,11+,12-/m1/s1. The molecule has 0 aliphatic carbocycles. The number of aliphatic hydroxyl groups excluding tert-OH is 3. The minimum atomic E-state index is -4.59. The van der Waals surface area contributed by atoms with Crippen LogP contribution in [-0.4, -0.2) is 69.8 Å². The van der Waals surface area contributed by atoms with Crippen LogP contribution >= 0.6 is 0 Å². The number of rotatable bonds is 3. The largest absolute Gasteiger partial charge is 0.470 e. The number of aromatic nitrogens is 1. The van der Waals surface area contributed by atoms with Gasteiger partial charge in [0, 0.05) is 12.6 Å². The van der Waals surface area contributed by atoms with Gasteiger partial charge < -0.3 is 20.1 Å². The molecular formula is C13H17F3N2O4. The number of likely N-dealkylation sites (tertiary alicyclic amines) is 1. The average Bonchev–Trinajstić information content (AvgIpc) is 2.44. The predicted octanol–water partition coefficient (Wildman–Crippen LogP) is -0.124. The summed E-state index contributed by atoms with van der Waals surface area (Å²) >= 11 is 0. The van der Waals surface area contributed by atoms with Gasteiger partial charge >= 0.3 is 6.18 Å². The fourth-order valence-electron chi connectivity index (χ4n) is 2.38. The van der Waals surface area contributed by atoms with Gasteiger partial charge in [0.05, 0.1) is 12.6 Å². The summed E-state index contributed by atoms with van der Waals surface area (Å²) in [6, 6.07) is 2.54. The van der Waals surface area contributed by atoms with Gasteiger partial charge in [0.25, 0.3) is 0 Å². The van der Waals surface area contributed by atoms with Crippen LogP contribution in [0.5, 0.6) is 5.88 Å². The lowest BCUT2D eigenvalue weighted by atomic mass is 9.95. The van der Waals surface area contributed by atoms with Crippen molar-refractivity contribution in [3.05, 3.63) is 23.9 Å². The number of nitrogens with zero attached hydrogens (tertiary/aromatic N) is 2. The zero-order valence-electron chi connectivity index (χ0n) is 11.7. The van der Waals surface area contributed by atoms with Gasteiger partial charge in [-0.25, -0.2) is 4.98 Å². The highest BCUT2D eigenvalue weighted by Crippen LogP contribution is 2.29. The molecule has 1 fully saturated rings. The molecular weight excluding hydrogens is 305 g/mol. The number of halogens is 3. The van der Waals surface area contributed by atoms with Crippen LogP contribution in [0.1, 0.15) is 5.69 Å². The van der Waals surface area contributed by atoms with E-state index in [9.17, 15) is 23.4 Å². The molecule has 2 rings (SSSR count). The summed E-state index contributed by atoms with van der Waals surface area (Å²) in [7, 11) is 1.60. The Labute approximate surface area is 124 Å². The Hall–Kier alpha value is -1.42. The van der Waals surface area contributed by atoms with Crippen molar-refractivity contribution in [2.75, 3.05) is 20.2 Å². The maximum absolute atomic E-state index is 12.6. The summed E-state index contributed by atoms with van der Waals surface area (Å²) in [5.41, 5.74) is -1.10. The molecule has 1 aliphatic rings. The number of hydrogen-bond acceptors (Lipinski definition) is 6. The van der Waals surface area contributed by atoms with Crippen molar-refractivity contribution < 1.29 is 33.2 Å². The van der Waals surface area contributed by atoms with Crippen LogP contribution in [0, 0.1) is 0 Å². The summed E-state index contributed by atoms with van der Waals surface area (Å²) in [5, 5.41) is 29.1. The van der Waals surface area contributed by atoms with Gasteiger partial charge in [-0.15, -0.1) is 0 Å². The van der Waals surface area contributed by atoms with Crippen LogP contribution in [0.3, 0.4) is 0 Å². The minimum Gasteiger partial charge on any atom is -0.470 e. The Morgan fingerprint density at radius 2 is 2.00 bits per heavy atom. The molecule has 0 aromatic carbocycles. The Balaban J connectivity index is 2.14. The van der Waals surface area contributed by atoms with Crippen LogP contribution in [0.25, 0.3) is 0 Å². The van der Waals surface area contributed by atoms with Gasteiger partial charge in [-0.2, -0.15) is 13.2 Å². The van der Waals surface area contributed by atoms with Gasteiger partial charge in [0.15, 0.2) is 0 Å². The first-order valence-electron chi connectivity index (χ1n) is 6.62. The smallest absolute Gasteiger partial charge is 0.433 e. The first-order chi connectivity index (χ1) is 10.2. The highest BCUT2D eigenvalue weighted by molar-refractivity contribution is 5.18. The summed E-state index contributed by atoms with van der Waals surface area (Å²) in [4.78, 5) is 4.92. The van der Waals surface area contributed by atoms with Gasteiger partial charge in [0.1, 0.15) is 24.0 Å². The molecule has 0 radical (unpaired) electrons. The Morgan fingerprint density at radius 1 is 1.32 bits per heavy atom. The zero-order chi connectivity index (χ0) is 16.5. The molecule has 124 valence electrons. The van der Waals surface area contributed by atoms with E-state index in [4.69, 9.17) is 9.84 Å². The maximum atomic E-state index is 12.6. The fraction of sp³-hybridized carbons (Fsp3) is 0.615. The third kappa shape index (κ3) is 3.49. The van der Waals surface area contributed by atoms with Crippen molar-refractivity contribution in [3.8, 4) is 5.88 Å². The molecule has 1 aliphatic heterocycles. The molecule has 22 heavy (non-hydrogen) atoms. The molecule has 1 saturated heterocycles. The van der Waals surface area contributed by atoms with Gasteiger partial charge in [-0.3, -0.25) is 4.90 Å². The Bertz CT molecular complexity index is 514. The van der Waals surface area contributed by atoms with Crippen molar-refractivity contribution in [3.63, 3.8) is 0 Å². The second-order valence-electron chi connectivity index (χ2n) is 5.19. The number of hydrogen-bond donors (Lipinski definition) is 3. The van der Waals surface area contributed by atoms with Crippen LogP contribution < -0.4 is 4.74 Å². The normalized spacial score (nSPS) is 30.3. The number of ether oxygens (including phenoxy) is 1. The van der Waals surface area contributed by atoms with Crippen molar-refractivity contribution >= 4 is 0 Å². The highest BCUT2D eigenvalue weighted by atomic mass is 19.4. The second kappa shape index (κ2) is 6.37. The molecule has 1 aromatic heterocycles. The van der Waals surface area contributed by atoms with Crippen molar-refractivity contribution in [2.45, 2.75) is 30.5 Å². The molecule has 0 bridgehead atoms. The SMILES string of the molecule is CN1C[C@H](Oc2cccc(C(F)(F)F)n2)[C@@H](O)[C@@H](O)[C@H]1CO. The van der Waals surface area contributed by atoms with Gasteiger partial charge in [0.2, 0.25) is 5.88 Å². The molecule has 3 N–H and O–H groups in total. The number of pyridine rings is 1. The number of piperidine rings is 1. The molecule has 0 saturated carbocycles. The number of aliphatic hydroxyl groups is 3. The fourth-order valence-corrected chi connectivity index (χ4v) is 2.38. The van der Waals surface area contributed by atoms with Crippen LogP contribution in [0.2, 0.25) is 0 Å². The van der Waals surface area contributed by atoms with E-state index in [0.29, 0.717) is 0 Å². The molecule has 6 nitrogen and oxygen atoms in total. The summed E-state index contributed by atoms with van der Waals surface area (Å²) in [6.45, 7) is -0.232. The van der Waals surface area contributed by atoms with E-state index in [1.165, 1.54) is 6.07 Å². The monoisotopic (exact) mass is 322 g/mol. The van der Waals surface area contributed by atoms with Crippen LogP contribution in [-0.2, 0) is 6.18 Å². The molecule has 0 amide bonds. The minimum absolute atomic E-state index is 0.126. The highest BCUT2D eigenvalue weighted by Gasteiger charge is 2.42. The van der Waals surface area contributed by atoms with Crippen molar-refractivity contribution in [1.29, 1.82) is 0 Å². The van der Waals surface area contributed by atoms with E-state index in [2.05, 4.69) is 4.98 Å². The quantitative estimate of drug-likeness (QED) is 0.719. The molecule has 0 spiro atoms. The van der Waals surface area contributed by atoms with E-state index >= 15 is 0 Å². The summed E-state index contributed by atoms with van der Waals surface area (Å²) in [5.74, 6) is -0.290. The Morgan fingerprint density at radius 3 is 2.59 bits per heavy atom.